The Labute approximate surface area is 65.9 Å². The zero-order valence-electron chi connectivity index (χ0n) is 5.36. The van der Waals surface area contributed by atoms with Crippen LogP contribution < -0.4 is 0 Å². The molecule has 0 fully saturated rings. The molecule has 0 spiro atoms. The molecule has 0 aliphatic heterocycles. The summed E-state index contributed by atoms with van der Waals surface area (Å²) in [5.41, 5.74) is 0. The van der Waals surface area contributed by atoms with Crippen molar-refractivity contribution >= 4 is 19.2 Å². The predicted octanol–water partition coefficient (Wildman–Crippen LogP) is 1.63. The van der Waals surface area contributed by atoms with Crippen LogP contribution in [-0.2, 0) is 4.79 Å². The monoisotopic (exact) mass is 160 g/mol. The van der Waals surface area contributed by atoms with Gasteiger partial charge in [0.15, 0.2) is 0 Å². The van der Waals surface area contributed by atoms with Crippen molar-refractivity contribution in [3.63, 3.8) is 0 Å². The van der Waals surface area contributed by atoms with Gasteiger partial charge in [0.2, 0.25) is 0 Å². The molecule has 0 radical (unpaired) electrons. The lowest BCUT2D eigenvalue weighted by atomic mass is 10.3. The molecule has 1 aromatic rings. The number of phenols is 1. The van der Waals surface area contributed by atoms with Crippen molar-refractivity contribution in [2.45, 2.75) is 0 Å². The highest BCUT2D eigenvalue weighted by Crippen LogP contribution is 2.02. The fourth-order valence-electron chi connectivity index (χ4n) is 0.428. The third kappa shape index (κ3) is 5.12. The van der Waals surface area contributed by atoms with Gasteiger partial charge < -0.3 is 9.90 Å². The molecule has 10 heavy (non-hydrogen) atoms. The molecule has 3 heteroatoms. The van der Waals surface area contributed by atoms with Gasteiger partial charge in [-0.15, -0.1) is 12.4 Å². The van der Waals surface area contributed by atoms with E-state index in [0.29, 0.717) is 5.75 Å². The summed E-state index contributed by atoms with van der Waals surface area (Å²) in [6.45, 7) is 2.00. The van der Waals surface area contributed by atoms with Crippen LogP contribution in [0.3, 0.4) is 0 Å². The van der Waals surface area contributed by atoms with E-state index in [1.165, 1.54) is 0 Å². The van der Waals surface area contributed by atoms with E-state index in [2.05, 4.69) is 0 Å². The maximum Gasteiger partial charge on any atom is 0.115 e. The average molecular weight is 161 g/mol. The minimum Gasteiger partial charge on any atom is -0.508 e. The Morgan fingerprint density at radius 3 is 1.70 bits per heavy atom. The molecule has 0 atom stereocenters. The van der Waals surface area contributed by atoms with Crippen molar-refractivity contribution in [3.8, 4) is 5.75 Å². The van der Waals surface area contributed by atoms with E-state index in [0.717, 1.165) is 0 Å². The van der Waals surface area contributed by atoms with E-state index >= 15 is 0 Å². The summed E-state index contributed by atoms with van der Waals surface area (Å²) in [6, 6.07) is 8.71. The summed E-state index contributed by atoms with van der Waals surface area (Å²) >= 11 is 0. The average Bonchev–Trinajstić information content (AvgIpc) is 1.94. The molecule has 1 N–H and O–H groups in total. The number of aromatic hydroxyl groups is 1. The van der Waals surface area contributed by atoms with Gasteiger partial charge in [0.1, 0.15) is 12.5 Å². The Hall–Kier alpha value is -1.02. The number of para-hydroxylation sites is 1. The highest BCUT2D eigenvalue weighted by Gasteiger charge is 1.74. The third-order valence-corrected chi connectivity index (χ3v) is 0.756. The Kier molecular flexibility index (Phi) is 9.37. The second-order valence-corrected chi connectivity index (χ2v) is 1.34. The van der Waals surface area contributed by atoms with E-state index in [1.807, 2.05) is 12.9 Å². The van der Waals surface area contributed by atoms with Crippen molar-refractivity contribution in [2.75, 3.05) is 0 Å². The number of benzene rings is 1. The summed E-state index contributed by atoms with van der Waals surface area (Å²) in [4.78, 5) is 8.00. The SMILES string of the molecule is C=O.Cl.Oc1ccccc1. The summed E-state index contributed by atoms with van der Waals surface area (Å²) in [7, 11) is 0. The molecule has 56 valence electrons. The zero-order chi connectivity index (χ0) is 7.11. The largest absolute Gasteiger partial charge is 0.508 e. The number of rotatable bonds is 0. The van der Waals surface area contributed by atoms with Gasteiger partial charge in [0.25, 0.3) is 0 Å². The van der Waals surface area contributed by atoms with Gasteiger partial charge in [-0.25, -0.2) is 0 Å². The van der Waals surface area contributed by atoms with Crippen LogP contribution in [-0.4, -0.2) is 11.9 Å². The maximum atomic E-state index is 8.63. The second kappa shape index (κ2) is 7.98. The van der Waals surface area contributed by atoms with Crippen molar-refractivity contribution in [3.05, 3.63) is 30.3 Å². The van der Waals surface area contributed by atoms with Crippen LogP contribution in [0.4, 0.5) is 0 Å². The van der Waals surface area contributed by atoms with Gasteiger partial charge in [-0.3, -0.25) is 0 Å². The molecule has 0 unspecified atom stereocenters. The highest BCUT2D eigenvalue weighted by molar-refractivity contribution is 5.85. The molecule has 0 bridgehead atoms. The quantitative estimate of drug-likeness (QED) is 0.627. The van der Waals surface area contributed by atoms with E-state index in [9.17, 15) is 0 Å². The van der Waals surface area contributed by atoms with Crippen molar-refractivity contribution in [2.24, 2.45) is 0 Å². The molecule has 2 nitrogen and oxygen atoms in total. The number of hydrogen-bond donors (Lipinski definition) is 1. The number of carbonyl (C=O) groups excluding carboxylic acids is 1. The normalized spacial score (nSPS) is 6.40. The molecule has 0 saturated heterocycles. The Morgan fingerprint density at radius 2 is 1.50 bits per heavy atom. The highest BCUT2D eigenvalue weighted by atomic mass is 35.5. The fraction of sp³-hybridized carbons (Fsp3) is 0. The van der Waals surface area contributed by atoms with E-state index in [1.54, 1.807) is 24.3 Å². The Morgan fingerprint density at radius 1 is 1.10 bits per heavy atom. The van der Waals surface area contributed by atoms with Crippen LogP contribution in [0.2, 0.25) is 0 Å². The first-order valence-corrected chi connectivity index (χ1v) is 2.42. The summed E-state index contributed by atoms with van der Waals surface area (Å²) in [6.07, 6.45) is 0. The lowest BCUT2D eigenvalue weighted by Gasteiger charge is -1.82. The smallest absolute Gasteiger partial charge is 0.115 e. The standard InChI is InChI=1S/C6H6O.CH2O.ClH/c7-6-4-2-1-3-5-6;1-2;/h1-5,7H;1H2;1H. The van der Waals surface area contributed by atoms with E-state index in [4.69, 9.17) is 9.90 Å². The Bertz CT molecular complexity index is 153. The first-order chi connectivity index (χ1) is 4.39. The Balaban J connectivity index is 0. The molecule has 0 aliphatic rings. The van der Waals surface area contributed by atoms with Gasteiger partial charge in [0.05, 0.1) is 0 Å². The second-order valence-electron chi connectivity index (χ2n) is 1.34. The summed E-state index contributed by atoms with van der Waals surface area (Å²) in [5, 5.41) is 8.63. The molecule has 1 rings (SSSR count). The predicted molar refractivity (Wildman–Crippen MR) is 42.5 cm³/mol. The van der Waals surface area contributed by atoms with Crippen molar-refractivity contribution in [1.29, 1.82) is 0 Å². The van der Waals surface area contributed by atoms with Crippen LogP contribution in [0.5, 0.6) is 5.75 Å². The summed E-state index contributed by atoms with van der Waals surface area (Å²) in [5.74, 6) is 0.322. The van der Waals surface area contributed by atoms with Crippen molar-refractivity contribution < 1.29 is 9.90 Å². The van der Waals surface area contributed by atoms with Gasteiger partial charge in [-0.05, 0) is 12.1 Å². The fourth-order valence-corrected chi connectivity index (χ4v) is 0.428. The van der Waals surface area contributed by atoms with Gasteiger partial charge in [0, 0.05) is 0 Å². The molecular weight excluding hydrogens is 152 g/mol. The van der Waals surface area contributed by atoms with Gasteiger partial charge in [-0.1, -0.05) is 18.2 Å². The van der Waals surface area contributed by atoms with Crippen LogP contribution >= 0.6 is 12.4 Å². The molecule has 0 aromatic heterocycles. The zero-order valence-corrected chi connectivity index (χ0v) is 6.17. The van der Waals surface area contributed by atoms with E-state index in [-0.39, 0.29) is 12.4 Å². The molecule has 0 aliphatic carbocycles. The first kappa shape index (κ1) is 11.7. The lowest BCUT2D eigenvalue weighted by Crippen LogP contribution is -1.56. The minimum absolute atomic E-state index is 0. The van der Waals surface area contributed by atoms with Crippen LogP contribution in [0.1, 0.15) is 0 Å². The molecular formula is C7H9ClO2. The molecule has 1 aromatic carbocycles. The number of phenolic OH excluding ortho intramolecular Hbond substituents is 1. The molecule has 0 heterocycles. The molecule has 0 saturated carbocycles. The third-order valence-electron chi connectivity index (χ3n) is 0.756. The van der Waals surface area contributed by atoms with E-state index < -0.39 is 0 Å². The van der Waals surface area contributed by atoms with Crippen LogP contribution in [0, 0.1) is 0 Å². The first-order valence-electron chi connectivity index (χ1n) is 2.42. The summed E-state index contributed by atoms with van der Waals surface area (Å²) < 4.78 is 0. The lowest BCUT2D eigenvalue weighted by molar-refractivity contribution is -0.0979. The van der Waals surface area contributed by atoms with Gasteiger partial charge >= 0.3 is 0 Å². The maximum absolute atomic E-state index is 8.63. The van der Waals surface area contributed by atoms with Crippen LogP contribution in [0.25, 0.3) is 0 Å². The van der Waals surface area contributed by atoms with Crippen LogP contribution in [0.15, 0.2) is 30.3 Å². The topological polar surface area (TPSA) is 37.3 Å². The number of carbonyl (C=O) groups is 1. The van der Waals surface area contributed by atoms with Crippen molar-refractivity contribution in [1.82, 2.24) is 0 Å². The number of halogens is 1. The minimum atomic E-state index is 0. The molecule has 0 amide bonds. The number of hydrogen-bond acceptors (Lipinski definition) is 2. The van der Waals surface area contributed by atoms with Gasteiger partial charge in [-0.2, -0.15) is 0 Å².